The standard InChI is InChI=1S/C15H10F3N3O/c16-15(17,18)10-5-1-2-6-11(10)21-8-20-13-9(14(19)22)4-3-7-12(13)21/h1-8H,(H2,19,22). The van der Waals surface area contributed by atoms with E-state index in [0.717, 1.165) is 6.07 Å². The zero-order valence-corrected chi connectivity index (χ0v) is 11.1. The summed E-state index contributed by atoms with van der Waals surface area (Å²) < 4.78 is 40.7. The van der Waals surface area contributed by atoms with E-state index >= 15 is 0 Å². The number of hydrogen-bond donors (Lipinski definition) is 1. The molecule has 0 aliphatic carbocycles. The zero-order valence-electron chi connectivity index (χ0n) is 11.1. The van der Waals surface area contributed by atoms with Gasteiger partial charge in [-0.15, -0.1) is 0 Å². The molecule has 0 saturated heterocycles. The molecule has 1 amide bonds. The van der Waals surface area contributed by atoms with Gasteiger partial charge in [0.2, 0.25) is 0 Å². The van der Waals surface area contributed by atoms with Gasteiger partial charge in [0.05, 0.1) is 22.3 Å². The molecule has 7 heteroatoms. The van der Waals surface area contributed by atoms with E-state index in [-0.39, 0.29) is 16.8 Å². The van der Waals surface area contributed by atoms with Crippen molar-refractivity contribution in [2.75, 3.05) is 0 Å². The monoisotopic (exact) mass is 305 g/mol. The van der Waals surface area contributed by atoms with Crippen LogP contribution >= 0.6 is 0 Å². The van der Waals surface area contributed by atoms with Crippen molar-refractivity contribution in [1.29, 1.82) is 0 Å². The highest BCUT2D eigenvalue weighted by molar-refractivity contribution is 6.04. The molecular formula is C15H10F3N3O. The fourth-order valence-corrected chi connectivity index (χ4v) is 2.35. The number of nitrogens with zero attached hydrogens (tertiary/aromatic N) is 2. The first-order valence-electron chi connectivity index (χ1n) is 6.32. The minimum Gasteiger partial charge on any atom is -0.366 e. The lowest BCUT2D eigenvalue weighted by molar-refractivity contribution is -0.137. The molecule has 2 aromatic carbocycles. The van der Waals surface area contributed by atoms with Crippen molar-refractivity contribution in [3.05, 3.63) is 59.9 Å². The molecule has 4 nitrogen and oxygen atoms in total. The summed E-state index contributed by atoms with van der Waals surface area (Å²) in [5.74, 6) is -0.681. The van der Waals surface area contributed by atoms with Crippen LogP contribution in [0.5, 0.6) is 0 Å². The summed E-state index contributed by atoms with van der Waals surface area (Å²) in [4.78, 5) is 15.4. The molecule has 0 unspecified atom stereocenters. The number of imidazole rings is 1. The number of fused-ring (bicyclic) bond motifs is 1. The van der Waals surface area contributed by atoms with Gasteiger partial charge in [-0.3, -0.25) is 9.36 Å². The maximum Gasteiger partial charge on any atom is 0.418 e. The van der Waals surface area contributed by atoms with Gasteiger partial charge in [-0.1, -0.05) is 18.2 Å². The van der Waals surface area contributed by atoms with Crippen molar-refractivity contribution in [1.82, 2.24) is 9.55 Å². The van der Waals surface area contributed by atoms with Gasteiger partial charge < -0.3 is 5.73 Å². The van der Waals surface area contributed by atoms with Crippen LogP contribution in [0.15, 0.2) is 48.8 Å². The second-order valence-corrected chi connectivity index (χ2v) is 4.67. The van der Waals surface area contributed by atoms with Crippen molar-refractivity contribution >= 4 is 16.9 Å². The number of para-hydroxylation sites is 2. The molecule has 22 heavy (non-hydrogen) atoms. The topological polar surface area (TPSA) is 60.9 Å². The molecule has 0 fully saturated rings. The zero-order chi connectivity index (χ0) is 15.9. The summed E-state index contributed by atoms with van der Waals surface area (Å²) in [6.07, 6.45) is -3.24. The first kappa shape index (κ1) is 14.1. The van der Waals surface area contributed by atoms with Crippen LogP contribution in [0.1, 0.15) is 15.9 Å². The number of nitrogens with two attached hydrogens (primary N) is 1. The molecule has 0 aliphatic heterocycles. The van der Waals surface area contributed by atoms with Crippen LogP contribution < -0.4 is 5.73 Å². The van der Waals surface area contributed by atoms with Crippen molar-refractivity contribution in [2.45, 2.75) is 6.18 Å². The van der Waals surface area contributed by atoms with E-state index in [4.69, 9.17) is 5.73 Å². The Labute approximate surface area is 123 Å². The van der Waals surface area contributed by atoms with Gasteiger partial charge in [0, 0.05) is 0 Å². The summed E-state index contributed by atoms with van der Waals surface area (Å²) in [6.45, 7) is 0. The largest absolute Gasteiger partial charge is 0.418 e. The van der Waals surface area contributed by atoms with Gasteiger partial charge in [0.15, 0.2) is 0 Å². The summed E-state index contributed by atoms with van der Waals surface area (Å²) in [5.41, 5.74) is 5.24. The molecule has 0 bridgehead atoms. The SMILES string of the molecule is NC(=O)c1cccc2c1ncn2-c1ccccc1C(F)(F)F. The van der Waals surface area contributed by atoms with Gasteiger partial charge in [-0.2, -0.15) is 13.2 Å². The Bertz CT molecular complexity index is 868. The van der Waals surface area contributed by atoms with E-state index in [9.17, 15) is 18.0 Å². The average molecular weight is 305 g/mol. The number of carbonyl (C=O) groups is 1. The first-order valence-corrected chi connectivity index (χ1v) is 6.32. The third-order valence-corrected chi connectivity index (χ3v) is 3.31. The van der Waals surface area contributed by atoms with Gasteiger partial charge in [0.1, 0.15) is 11.8 Å². The highest BCUT2D eigenvalue weighted by Crippen LogP contribution is 2.34. The molecule has 0 atom stereocenters. The quantitative estimate of drug-likeness (QED) is 0.790. The lowest BCUT2D eigenvalue weighted by atomic mass is 10.1. The molecular weight excluding hydrogens is 295 g/mol. The third kappa shape index (κ3) is 2.20. The van der Waals surface area contributed by atoms with E-state index in [0.29, 0.717) is 5.52 Å². The van der Waals surface area contributed by atoms with Gasteiger partial charge in [0.25, 0.3) is 5.91 Å². The number of carbonyl (C=O) groups excluding carboxylic acids is 1. The molecule has 0 radical (unpaired) electrons. The lowest BCUT2D eigenvalue weighted by Gasteiger charge is -2.13. The second kappa shape index (κ2) is 4.87. The first-order chi connectivity index (χ1) is 10.4. The number of rotatable bonds is 2. The molecule has 1 heterocycles. The smallest absolute Gasteiger partial charge is 0.366 e. The molecule has 3 aromatic rings. The molecule has 0 saturated carbocycles. The van der Waals surface area contributed by atoms with E-state index in [1.54, 1.807) is 12.1 Å². The Morgan fingerprint density at radius 1 is 1.09 bits per heavy atom. The van der Waals surface area contributed by atoms with Crippen molar-refractivity contribution in [2.24, 2.45) is 5.73 Å². The van der Waals surface area contributed by atoms with Crippen molar-refractivity contribution in [3.63, 3.8) is 0 Å². The Morgan fingerprint density at radius 3 is 2.50 bits per heavy atom. The second-order valence-electron chi connectivity index (χ2n) is 4.67. The Balaban J connectivity index is 2.30. The number of aromatic nitrogens is 2. The molecule has 2 N–H and O–H groups in total. The summed E-state index contributed by atoms with van der Waals surface area (Å²) in [7, 11) is 0. The fourth-order valence-electron chi connectivity index (χ4n) is 2.35. The number of benzene rings is 2. The lowest BCUT2D eigenvalue weighted by Crippen LogP contribution is -2.12. The van der Waals surface area contributed by atoms with Gasteiger partial charge in [-0.25, -0.2) is 4.98 Å². The fraction of sp³-hybridized carbons (Fsp3) is 0.0667. The maximum atomic E-state index is 13.1. The number of halogens is 3. The minimum absolute atomic E-state index is 0.0564. The summed E-state index contributed by atoms with van der Waals surface area (Å²) in [5, 5.41) is 0. The van der Waals surface area contributed by atoms with E-state index < -0.39 is 17.6 Å². The van der Waals surface area contributed by atoms with Crippen LogP contribution in [0.2, 0.25) is 0 Å². The Hall–Kier alpha value is -2.83. The average Bonchev–Trinajstić information content (AvgIpc) is 2.89. The molecule has 112 valence electrons. The number of hydrogen-bond acceptors (Lipinski definition) is 2. The van der Waals surface area contributed by atoms with Gasteiger partial charge >= 0.3 is 6.18 Å². The van der Waals surface area contributed by atoms with Crippen LogP contribution in [-0.4, -0.2) is 15.5 Å². The third-order valence-electron chi connectivity index (χ3n) is 3.31. The maximum absolute atomic E-state index is 13.1. The van der Waals surface area contributed by atoms with E-state index in [2.05, 4.69) is 4.98 Å². The van der Waals surface area contributed by atoms with Crippen LogP contribution in [-0.2, 0) is 6.18 Å². The number of alkyl halides is 3. The van der Waals surface area contributed by atoms with Crippen LogP contribution in [0, 0.1) is 0 Å². The number of primary amides is 1. The van der Waals surface area contributed by atoms with Gasteiger partial charge in [-0.05, 0) is 24.3 Å². The number of amides is 1. The van der Waals surface area contributed by atoms with Crippen LogP contribution in [0.25, 0.3) is 16.7 Å². The summed E-state index contributed by atoms with van der Waals surface area (Å²) >= 11 is 0. The minimum atomic E-state index is -4.49. The highest BCUT2D eigenvalue weighted by Gasteiger charge is 2.34. The van der Waals surface area contributed by atoms with Crippen LogP contribution in [0.4, 0.5) is 13.2 Å². The normalized spacial score (nSPS) is 11.8. The predicted molar refractivity (Wildman–Crippen MR) is 74.6 cm³/mol. The molecule has 1 aromatic heterocycles. The van der Waals surface area contributed by atoms with Crippen molar-refractivity contribution in [3.8, 4) is 5.69 Å². The predicted octanol–water partition coefficient (Wildman–Crippen LogP) is 3.14. The Kier molecular flexibility index (Phi) is 3.13. The highest BCUT2D eigenvalue weighted by atomic mass is 19.4. The van der Waals surface area contributed by atoms with E-state index in [1.807, 2.05) is 0 Å². The Morgan fingerprint density at radius 2 is 1.82 bits per heavy atom. The molecule has 0 aliphatic rings. The van der Waals surface area contributed by atoms with Crippen LogP contribution in [0.3, 0.4) is 0 Å². The molecule has 0 spiro atoms. The molecule has 3 rings (SSSR count). The van der Waals surface area contributed by atoms with E-state index in [1.165, 1.54) is 35.2 Å². The van der Waals surface area contributed by atoms with Crippen molar-refractivity contribution < 1.29 is 18.0 Å². The summed E-state index contributed by atoms with van der Waals surface area (Å²) in [6, 6.07) is 9.80.